The number of nitrogens with zero attached hydrogens (tertiary/aromatic N) is 2. The first-order valence-electron chi connectivity index (χ1n) is 9.34. The van der Waals surface area contributed by atoms with Gasteiger partial charge in [0.2, 0.25) is 11.8 Å². The first-order chi connectivity index (χ1) is 13.3. The molecule has 8 nitrogen and oxygen atoms in total. The largest absolute Gasteiger partial charge is 0.480 e. The topological polar surface area (TPSA) is 131 Å². The van der Waals surface area contributed by atoms with E-state index in [4.69, 9.17) is 5.26 Å². The molecule has 3 N–H and O–H groups in total. The van der Waals surface area contributed by atoms with Crippen LogP contribution in [0.4, 0.5) is 0 Å². The number of fused-ring (bicyclic) bond motifs is 1. The second-order valence-electron chi connectivity index (χ2n) is 7.39. The number of aliphatic hydroxyl groups excluding tert-OH is 1. The van der Waals surface area contributed by atoms with Gasteiger partial charge in [-0.1, -0.05) is 25.5 Å². The lowest BCUT2D eigenvalue weighted by molar-refractivity contribution is -0.156. The highest BCUT2D eigenvalue weighted by molar-refractivity contribution is 6.09. The van der Waals surface area contributed by atoms with Crippen LogP contribution in [0.5, 0.6) is 0 Å². The third-order valence-corrected chi connectivity index (χ3v) is 5.83. The minimum atomic E-state index is -1.96. The van der Waals surface area contributed by atoms with Crippen molar-refractivity contribution in [2.24, 2.45) is 11.8 Å². The average Bonchev–Trinajstić information content (AvgIpc) is 3.16. The number of imide groups is 1. The molecule has 5 unspecified atom stereocenters. The fourth-order valence-corrected chi connectivity index (χ4v) is 4.35. The van der Waals surface area contributed by atoms with Crippen LogP contribution in [0.1, 0.15) is 43.9 Å². The van der Waals surface area contributed by atoms with Gasteiger partial charge in [-0.15, -0.1) is 0 Å². The number of hydrogen-bond donors (Lipinski definition) is 3. The molecule has 2 heterocycles. The van der Waals surface area contributed by atoms with Crippen LogP contribution >= 0.6 is 0 Å². The van der Waals surface area contributed by atoms with Gasteiger partial charge in [0.15, 0.2) is 5.54 Å². The van der Waals surface area contributed by atoms with Gasteiger partial charge in [0, 0.05) is 12.6 Å². The molecule has 8 heteroatoms. The minimum Gasteiger partial charge on any atom is -0.480 e. The Kier molecular flexibility index (Phi) is 5.24. The molecule has 0 bridgehead atoms. The molecule has 2 fully saturated rings. The Bertz CT molecular complexity index is 844. The molecular formula is C20H23N3O5. The summed E-state index contributed by atoms with van der Waals surface area (Å²) in [6.07, 6.45) is 0.00824. The summed E-state index contributed by atoms with van der Waals surface area (Å²) in [6.45, 7) is 3.48. The third kappa shape index (κ3) is 2.79. The third-order valence-electron chi connectivity index (χ3n) is 5.83. The number of aliphatic hydroxyl groups is 1. The number of carboxylic acid groups (broad SMARTS) is 1. The number of hydrogen-bond acceptors (Lipinski definition) is 6. The van der Waals surface area contributed by atoms with Crippen LogP contribution in [-0.4, -0.2) is 51.1 Å². The maximum Gasteiger partial charge on any atom is 0.327 e. The summed E-state index contributed by atoms with van der Waals surface area (Å²) in [7, 11) is 0. The lowest BCUT2D eigenvalue weighted by Crippen LogP contribution is -2.62. The number of amides is 2. The van der Waals surface area contributed by atoms with E-state index in [9.17, 15) is 24.6 Å². The maximum absolute atomic E-state index is 13.1. The highest BCUT2D eigenvalue weighted by atomic mass is 16.4. The molecular weight excluding hydrogens is 362 g/mol. The van der Waals surface area contributed by atoms with Crippen molar-refractivity contribution in [1.29, 1.82) is 5.26 Å². The summed E-state index contributed by atoms with van der Waals surface area (Å²) < 4.78 is 0. The van der Waals surface area contributed by atoms with Crippen molar-refractivity contribution in [3.63, 3.8) is 0 Å². The lowest BCUT2D eigenvalue weighted by Gasteiger charge is -2.33. The van der Waals surface area contributed by atoms with Crippen LogP contribution in [0.3, 0.4) is 0 Å². The second-order valence-corrected chi connectivity index (χ2v) is 7.39. The Hall–Kier alpha value is -2.76. The number of carbonyl (C=O) groups is 3. The number of unbranched alkanes of at least 4 members (excludes halogenated alkanes) is 1. The van der Waals surface area contributed by atoms with Crippen LogP contribution in [0.15, 0.2) is 24.3 Å². The second kappa shape index (κ2) is 7.34. The van der Waals surface area contributed by atoms with E-state index in [0.29, 0.717) is 17.5 Å². The van der Waals surface area contributed by atoms with Gasteiger partial charge in [-0.25, -0.2) is 0 Å². The van der Waals surface area contributed by atoms with E-state index in [2.05, 4.69) is 5.32 Å². The van der Waals surface area contributed by atoms with Crippen molar-refractivity contribution >= 4 is 17.8 Å². The van der Waals surface area contributed by atoms with E-state index in [1.807, 2.05) is 13.0 Å². The summed E-state index contributed by atoms with van der Waals surface area (Å²) in [6, 6.07) is 7.67. The van der Waals surface area contributed by atoms with Crippen molar-refractivity contribution < 1.29 is 24.6 Å². The van der Waals surface area contributed by atoms with E-state index >= 15 is 0 Å². The number of carbonyl (C=O) groups excluding carboxylic acids is 2. The molecule has 1 aromatic carbocycles. The molecule has 0 aliphatic carbocycles. The Morgan fingerprint density at radius 2 is 1.96 bits per heavy atom. The maximum atomic E-state index is 13.1. The van der Waals surface area contributed by atoms with Gasteiger partial charge in [0.25, 0.3) is 0 Å². The number of likely N-dealkylation sites (tertiary alicyclic amines) is 1. The average molecular weight is 385 g/mol. The molecule has 0 spiro atoms. The van der Waals surface area contributed by atoms with E-state index in [1.165, 1.54) is 6.92 Å². The molecule has 2 amide bonds. The first-order valence-corrected chi connectivity index (χ1v) is 9.34. The molecule has 2 aliphatic rings. The number of carboxylic acids is 1. The normalized spacial score (nSPS) is 30.2. The fourth-order valence-electron chi connectivity index (χ4n) is 4.35. The number of rotatable bonds is 6. The molecule has 5 atom stereocenters. The fraction of sp³-hybridized carbons (Fsp3) is 0.500. The number of nitrogens with one attached hydrogen (secondary N) is 1. The summed E-state index contributed by atoms with van der Waals surface area (Å²) >= 11 is 0. The molecule has 2 aliphatic heterocycles. The molecule has 3 rings (SSSR count). The van der Waals surface area contributed by atoms with Gasteiger partial charge >= 0.3 is 5.97 Å². The standard InChI is InChI=1S/C20H23N3O5/c1-3-4-9-23-17(25)14-15(18(23)26)20(11(2)24,19(27)28)22-16(14)13-7-5-12(10-21)6-8-13/h5-8,11,14-16,22,24H,3-4,9H2,1-2H3,(H,27,28). The highest BCUT2D eigenvalue weighted by Gasteiger charge is 2.70. The minimum absolute atomic E-state index is 0.233. The molecule has 2 saturated heterocycles. The monoisotopic (exact) mass is 385 g/mol. The van der Waals surface area contributed by atoms with Gasteiger partial charge in [-0.2, -0.15) is 5.26 Å². The Morgan fingerprint density at radius 3 is 2.46 bits per heavy atom. The van der Waals surface area contributed by atoms with Gasteiger partial charge in [0.1, 0.15) is 0 Å². The number of benzene rings is 1. The molecule has 0 radical (unpaired) electrons. The van der Waals surface area contributed by atoms with Crippen molar-refractivity contribution in [1.82, 2.24) is 10.2 Å². The summed E-state index contributed by atoms with van der Waals surface area (Å²) in [5.74, 6) is -4.48. The summed E-state index contributed by atoms with van der Waals surface area (Å²) in [4.78, 5) is 39.5. The van der Waals surface area contributed by atoms with Gasteiger partial charge < -0.3 is 10.2 Å². The summed E-state index contributed by atoms with van der Waals surface area (Å²) in [5, 5.41) is 32.2. The SMILES string of the molecule is CCCCN1C(=O)C2C(c3ccc(C#N)cc3)NC(C(=O)O)(C(C)O)C2C1=O. The molecule has 0 saturated carbocycles. The zero-order chi connectivity index (χ0) is 20.6. The first kappa shape index (κ1) is 20.0. The number of nitriles is 1. The quantitative estimate of drug-likeness (QED) is 0.618. The van der Waals surface area contributed by atoms with Crippen LogP contribution in [0.25, 0.3) is 0 Å². The number of aliphatic carboxylic acids is 1. The van der Waals surface area contributed by atoms with E-state index in [-0.39, 0.29) is 6.54 Å². The molecule has 28 heavy (non-hydrogen) atoms. The van der Waals surface area contributed by atoms with Gasteiger partial charge in [-0.05, 0) is 31.0 Å². The Morgan fingerprint density at radius 1 is 1.32 bits per heavy atom. The predicted octanol–water partition coefficient (Wildman–Crippen LogP) is 0.808. The van der Waals surface area contributed by atoms with E-state index in [0.717, 1.165) is 11.3 Å². The predicted molar refractivity (Wildman–Crippen MR) is 97.7 cm³/mol. The Balaban J connectivity index is 2.10. The van der Waals surface area contributed by atoms with Crippen molar-refractivity contribution in [2.45, 2.75) is 44.4 Å². The molecule has 148 valence electrons. The molecule has 1 aromatic rings. The zero-order valence-electron chi connectivity index (χ0n) is 15.8. The van der Waals surface area contributed by atoms with E-state index in [1.54, 1.807) is 24.3 Å². The smallest absolute Gasteiger partial charge is 0.327 e. The van der Waals surface area contributed by atoms with Gasteiger partial charge in [0.05, 0.1) is 29.6 Å². The lowest BCUT2D eigenvalue weighted by atomic mass is 9.76. The zero-order valence-corrected chi connectivity index (χ0v) is 15.8. The van der Waals surface area contributed by atoms with Gasteiger partial charge in [-0.3, -0.25) is 24.6 Å². The van der Waals surface area contributed by atoms with Crippen molar-refractivity contribution in [3.8, 4) is 6.07 Å². The van der Waals surface area contributed by atoms with Crippen LogP contribution < -0.4 is 5.32 Å². The summed E-state index contributed by atoms with van der Waals surface area (Å²) in [5.41, 5.74) is -0.940. The van der Waals surface area contributed by atoms with Crippen molar-refractivity contribution in [3.05, 3.63) is 35.4 Å². The Labute approximate surface area is 162 Å². The highest BCUT2D eigenvalue weighted by Crippen LogP contribution is 2.50. The molecule has 0 aromatic heterocycles. The van der Waals surface area contributed by atoms with Crippen molar-refractivity contribution in [2.75, 3.05) is 6.54 Å². The van der Waals surface area contributed by atoms with Crippen LogP contribution in [0, 0.1) is 23.2 Å². The van der Waals surface area contributed by atoms with Crippen LogP contribution in [-0.2, 0) is 14.4 Å². The van der Waals surface area contributed by atoms with E-state index < -0.39 is 47.3 Å². The van der Waals surface area contributed by atoms with Crippen LogP contribution in [0.2, 0.25) is 0 Å².